The molecule has 0 atom stereocenters. The highest BCUT2D eigenvalue weighted by Gasteiger charge is 2.20. The predicted molar refractivity (Wildman–Crippen MR) is 132 cm³/mol. The van der Waals surface area contributed by atoms with Crippen LogP contribution in [0.25, 0.3) is 0 Å². The maximum absolute atomic E-state index is 4.87. The predicted octanol–water partition coefficient (Wildman–Crippen LogP) is 2.92. The molecule has 1 aromatic carbocycles. The molecule has 0 saturated carbocycles. The van der Waals surface area contributed by atoms with Crippen LogP contribution in [0.3, 0.4) is 0 Å². The summed E-state index contributed by atoms with van der Waals surface area (Å²) in [7, 11) is 2.15. The summed E-state index contributed by atoms with van der Waals surface area (Å²) in [5.74, 6) is 2.09. The Morgan fingerprint density at radius 1 is 1.07 bits per heavy atom. The summed E-state index contributed by atoms with van der Waals surface area (Å²) >= 11 is 0. The molecule has 6 nitrogen and oxygen atoms in total. The molecule has 158 valence electrons. The van der Waals surface area contributed by atoms with Gasteiger partial charge in [0.25, 0.3) is 0 Å². The van der Waals surface area contributed by atoms with Gasteiger partial charge in [-0.1, -0.05) is 36.4 Å². The monoisotopic (exact) mass is 508 g/mol. The molecule has 29 heavy (non-hydrogen) atoms. The van der Waals surface area contributed by atoms with Crippen LogP contribution in [-0.4, -0.2) is 73.6 Å². The van der Waals surface area contributed by atoms with Crippen molar-refractivity contribution in [1.82, 2.24) is 20.1 Å². The minimum Gasteiger partial charge on any atom is -0.357 e. The molecule has 1 aliphatic rings. The summed E-state index contributed by atoms with van der Waals surface area (Å²) in [4.78, 5) is 16.4. The van der Waals surface area contributed by atoms with Gasteiger partial charge in [0.2, 0.25) is 0 Å². The van der Waals surface area contributed by atoms with Gasteiger partial charge in [-0.15, -0.1) is 24.0 Å². The number of piperazine rings is 1. The van der Waals surface area contributed by atoms with Gasteiger partial charge in [0.15, 0.2) is 5.96 Å². The summed E-state index contributed by atoms with van der Waals surface area (Å²) in [6, 6.07) is 16.7. The molecule has 2 aromatic rings. The first-order chi connectivity index (χ1) is 13.8. The van der Waals surface area contributed by atoms with Crippen LogP contribution in [0.5, 0.6) is 0 Å². The van der Waals surface area contributed by atoms with Gasteiger partial charge in [-0.3, -0.25) is 4.99 Å². The molecule has 0 radical (unpaired) electrons. The van der Waals surface area contributed by atoms with Gasteiger partial charge in [-0.25, -0.2) is 4.98 Å². The van der Waals surface area contributed by atoms with Crippen LogP contribution in [0, 0.1) is 0 Å². The van der Waals surface area contributed by atoms with E-state index < -0.39 is 0 Å². The standard InChI is InChI=1S/C22H32N6.HI/c1-3-23-22(25-13-14-26(2)19-20-9-5-4-6-10-20)28-17-15-27(16-18-28)21-11-7-8-12-24-21;/h4-12H,3,13-19H2,1-2H3,(H,23,25);1H. The fourth-order valence-corrected chi connectivity index (χ4v) is 3.41. The molecular weight excluding hydrogens is 475 g/mol. The van der Waals surface area contributed by atoms with E-state index in [2.05, 4.69) is 75.4 Å². The van der Waals surface area contributed by atoms with Gasteiger partial charge in [0, 0.05) is 52.0 Å². The van der Waals surface area contributed by atoms with Crippen molar-refractivity contribution in [2.45, 2.75) is 13.5 Å². The Morgan fingerprint density at radius 3 is 2.45 bits per heavy atom. The van der Waals surface area contributed by atoms with E-state index in [1.165, 1.54) is 5.56 Å². The summed E-state index contributed by atoms with van der Waals surface area (Å²) in [6.45, 7) is 9.56. The van der Waals surface area contributed by atoms with E-state index in [4.69, 9.17) is 4.99 Å². The molecule has 0 amide bonds. The van der Waals surface area contributed by atoms with Crippen molar-refractivity contribution in [2.75, 3.05) is 57.8 Å². The van der Waals surface area contributed by atoms with Crippen LogP contribution in [-0.2, 0) is 6.54 Å². The van der Waals surface area contributed by atoms with E-state index in [9.17, 15) is 0 Å². The fraction of sp³-hybridized carbons (Fsp3) is 0.455. The molecule has 1 N–H and O–H groups in total. The number of pyridine rings is 1. The lowest BCUT2D eigenvalue weighted by atomic mass is 10.2. The third kappa shape index (κ3) is 7.47. The van der Waals surface area contributed by atoms with E-state index in [1.54, 1.807) is 0 Å². The lowest BCUT2D eigenvalue weighted by Gasteiger charge is -2.37. The quantitative estimate of drug-likeness (QED) is 0.354. The van der Waals surface area contributed by atoms with Crippen molar-refractivity contribution in [3.63, 3.8) is 0 Å². The SMILES string of the molecule is CCNC(=NCCN(C)Cc1ccccc1)N1CCN(c2ccccn2)CC1.I. The number of likely N-dealkylation sites (N-methyl/N-ethyl adjacent to an activating group) is 1. The Morgan fingerprint density at radius 2 is 1.79 bits per heavy atom. The highest BCUT2D eigenvalue weighted by atomic mass is 127. The summed E-state index contributed by atoms with van der Waals surface area (Å²) in [5, 5.41) is 3.45. The number of aliphatic imine (C=N–C) groups is 1. The highest BCUT2D eigenvalue weighted by Crippen LogP contribution is 2.12. The first-order valence-electron chi connectivity index (χ1n) is 10.2. The van der Waals surface area contributed by atoms with Gasteiger partial charge in [-0.2, -0.15) is 0 Å². The Labute approximate surface area is 192 Å². The van der Waals surface area contributed by atoms with Gasteiger partial charge in [-0.05, 0) is 31.7 Å². The molecule has 1 aliphatic heterocycles. The molecule has 0 spiro atoms. The normalized spacial score (nSPS) is 14.7. The largest absolute Gasteiger partial charge is 0.357 e. The fourth-order valence-electron chi connectivity index (χ4n) is 3.41. The maximum Gasteiger partial charge on any atom is 0.194 e. The molecule has 1 aromatic heterocycles. The van der Waals surface area contributed by atoms with Crippen LogP contribution in [0.2, 0.25) is 0 Å². The molecule has 0 aliphatic carbocycles. The van der Waals surface area contributed by atoms with Crippen molar-refractivity contribution in [3.8, 4) is 0 Å². The molecule has 2 heterocycles. The third-order valence-electron chi connectivity index (χ3n) is 4.93. The Hall–Kier alpha value is -1.87. The Kier molecular flexibility index (Phi) is 10.2. The van der Waals surface area contributed by atoms with E-state index in [-0.39, 0.29) is 24.0 Å². The van der Waals surface area contributed by atoms with E-state index in [0.29, 0.717) is 0 Å². The second-order valence-corrected chi connectivity index (χ2v) is 7.12. The van der Waals surface area contributed by atoms with Crippen molar-refractivity contribution in [1.29, 1.82) is 0 Å². The van der Waals surface area contributed by atoms with Gasteiger partial charge in [0.05, 0.1) is 6.54 Å². The molecule has 1 saturated heterocycles. The average molecular weight is 508 g/mol. The minimum atomic E-state index is 0. The smallest absolute Gasteiger partial charge is 0.194 e. The third-order valence-corrected chi connectivity index (χ3v) is 4.93. The lowest BCUT2D eigenvalue weighted by Crippen LogP contribution is -2.52. The number of anilines is 1. The second-order valence-electron chi connectivity index (χ2n) is 7.12. The van der Waals surface area contributed by atoms with E-state index in [0.717, 1.165) is 64.1 Å². The summed E-state index contributed by atoms with van der Waals surface area (Å²) < 4.78 is 0. The van der Waals surface area contributed by atoms with Gasteiger partial charge in [0.1, 0.15) is 5.82 Å². The van der Waals surface area contributed by atoms with Crippen molar-refractivity contribution in [2.24, 2.45) is 4.99 Å². The van der Waals surface area contributed by atoms with E-state index in [1.807, 2.05) is 18.3 Å². The van der Waals surface area contributed by atoms with Crippen molar-refractivity contribution < 1.29 is 0 Å². The van der Waals surface area contributed by atoms with E-state index >= 15 is 0 Å². The lowest BCUT2D eigenvalue weighted by molar-refractivity contribution is 0.333. The number of halogens is 1. The number of aromatic nitrogens is 1. The maximum atomic E-state index is 4.87. The van der Waals surface area contributed by atoms with Crippen LogP contribution in [0.15, 0.2) is 59.7 Å². The van der Waals surface area contributed by atoms with Crippen LogP contribution >= 0.6 is 24.0 Å². The van der Waals surface area contributed by atoms with Crippen molar-refractivity contribution >= 4 is 35.8 Å². The van der Waals surface area contributed by atoms with Gasteiger partial charge < -0.3 is 20.0 Å². The highest BCUT2D eigenvalue weighted by molar-refractivity contribution is 14.0. The molecule has 7 heteroatoms. The number of nitrogens with one attached hydrogen (secondary N) is 1. The van der Waals surface area contributed by atoms with Gasteiger partial charge >= 0.3 is 0 Å². The molecule has 0 bridgehead atoms. The number of rotatable bonds is 7. The van der Waals surface area contributed by atoms with Crippen LogP contribution in [0.1, 0.15) is 12.5 Å². The first kappa shape index (κ1) is 23.4. The topological polar surface area (TPSA) is 47.0 Å². The van der Waals surface area contributed by atoms with Crippen molar-refractivity contribution in [3.05, 3.63) is 60.3 Å². The zero-order valence-electron chi connectivity index (χ0n) is 17.5. The number of hydrogen-bond donors (Lipinski definition) is 1. The number of guanidine groups is 1. The zero-order valence-corrected chi connectivity index (χ0v) is 19.8. The zero-order chi connectivity index (χ0) is 19.6. The van der Waals surface area contributed by atoms with Crippen LogP contribution in [0.4, 0.5) is 5.82 Å². The summed E-state index contributed by atoms with van der Waals surface area (Å²) in [5.41, 5.74) is 1.34. The molecule has 0 unspecified atom stereocenters. The van der Waals surface area contributed by atoms with Crippen LogP contribution < -0.4 is 10.2 Å². The molecule has 3 rings (SSSR count). The molecular formula is C22H33IN6. The number of hydrogen-bond acceptors (Lipinski definition) is 4. The Balaban J connectivity index is 0.00000300. The average Bonchev–Trinajstić information content (AvgIpc) is 2.75. The number of nitrogens with zero attached hydrogens (tertiary/aromatic N) is 5. The first-order valence-corrected chi connectivity index (χ1v) is 10.2. The Bertz CT molecular complexity index is 717. The molecule has 1 fully saturated rings. The summed E-state index contributed by atoms with van der Waals surface area (Å²) in [6.07, 6.45) is 1.86. The second kappa shape index (κ2) is 12.6. The minimum absolute atomic E-state index is 0. The number of benzene rings is 1.